The molecular formula is C12H13NO2. The molecule has 0 radical (unpaired) electrons. The molecule has 3 heteroatoms. The third kappa shape index (κ3) is 2.67. The van der Waals surface area contributed by atoms with Crippen molar-refractivity contribution < 1.29 is 9.52 Å². The summed E-state index contributed by atoms with van der Waals surface area (Å²) in [5, 5.41) is 8.72. The standard InChI is InChI=1S/C12H13NO2/c14-7-6-12-13-11(9-15-12)8-10-4-2-1-3-5-10/h1-5,9,14H,6-8H2. The molecule has 1 aromatic heterocycles. The van der Waals surface area contributed by atoms with Gasteiger partial charge in [-0.3, -0.25) is 0 Å². The first-order valence-electron chi connectivity index (χ1n) is 4.96. The number of aliphatic hydroxyl groups excluding tert-OH is 1. The highest BCUT2D eigenvalue weighted by Gasteiger charge is 2.03. The Kier molecular flexibility index (Phi) is 3.15. The molecule has 0 aliphatic heterocycles. The highest BCUT2D eigenvalue weighted by atomic mass is 16.3. The van der Waals surface area contributed by atoms with E-state index in [-0.39, 0.29) is 6.61 Å². The minimum atomic E-state index is 0.0747. The summed E-state index contributed by atoms with van der Waals surface area (Å²) in [6.45, 7) is 0.0747. The largest absolute Gasteiger partial charge is 0.449 e. The minimum absolute atomic E-state index is 0.0747. The number of aromatic nitrogens is 1. The van der Waals surface area contributed by atoms with Gasteiger partial charge in [-0.05, 0) is 5.56 Å². The Morgan fingerprint density at radius 2 is 2.00 bits per heavy atom. The predicted octanol–water partition coefficient (Wildman–Crippen LogP) is 1.80. The van der Waals surface area contributed by atoms with Gasteiger partial charge < -0.3 is 9.52 Å². The van der Waals surface area contributed by atoms with E-state index in [9.17, 15) is 0 Å². The monoisotopic (exact) mass is 203 g/mol. The van der Waals surface area contributed by atoms with Gasteiger partial charge in [0.1, 0.15) is 6.26 Å². The van der Waals surface area contributed by atoms with E-state index in [2.05, 4.69) is 17.1 Å². The van der Waals surface area contributed by atoms with Gasteiger partial charge in [0.15, 0.2) is 5.89 Å². The second-order valence-electron chi connectivity index (χ2n) is 3.37. The number of oxazole rings is 1. The third-order valence-electron chi connectivity index (χ3n) is 2.15. The van der Waals surface area contributed by atoms with Crippen molar-refractivity contribution in [2.24, 2.45) is 0 Å². The number of hydrogen-bond donors (Lipinski definition) is 1. The van der Waals surface area contributed by atoms with Gasteiger partial charge >= 0.3 is 0 Å². The number of rotatable bonds is 4. The van der Waals surface area contributed by atoms with Crippen LogP contribution in [0.5, 0.6) is 0 Å². The average molecular weight is 203 g/mol. The fourth-order valence-electron chi connectivity index (χ4n) is 1.45. The summed E-state index contributed by atoms with van der Waals surface area (Å²) in [4.78, 5) is 4.27. The Morgan fingerprint density at radius 3 is 2.73 bits per heavy atom. The Hall–Kier alpha value is -1.61. The smallest absolute Gasteiger partial charge is 0.196 e. The number of hydrogen-bond acceptors (Lipinski definition) is 3. The second kappa shape index (κ2) is 4.75. The van der Waals surface area contributed by atoms with Crippen LogP contribution in [-0.4, -0.2) is 16.7 Å². The van der Waals surface area contributed by atoms with Crippen LogP contribution >= 0.6 is 0 Å². The SMILES string of the molecule is OCCc1nc(Cc2ccccc2)co1. The van der Waals surface area contributed by atoms with Crippen LogP contribution in [-0.2, 0) is 12.8 Å². The lowest BCUT2D eigenvalue weighted by Crippen LogP contribution is -1.92. The first-order valence-corrected chi connectivity index (χ1v) is 4.96. The molecule has 1 heterocycles. The predicted molar refractivity (Wildman–Crippen MR) is 56.5 cm³/mol. The van der Waals surface area contributed by atoms with Gasteiger partial charge in [-0.25, -0.2) is 4.98 Å². The first-order chi connectivity index (χ1) is 7.38. The molecule has 78 valence electrons. The van der Waals surface area contributed by atoms with Crippen molar-refractivity contribution in [3.63, 3.8) is 0 Å². The number of nitrogens with zero attached hydrogens (tertiary/aromatic N) is 1. The highest BCUT2D eigenvalue weighted by Crippen LogP contribution is 2.09. The van der Waals surface area contributed by atoms with Gasteiger partial charge in [-0.1, -0.05) is 30.3 Å². The molecule has 0 spiro atoms. The third-order valence-corrected chi connectivity index (χ3v) is 2.15. The highest BCUT2D eigenvalue weighted by molar-refractivity contribution is 5.20. The van der Waals surface area contributed by atoms with E-state index in [0.29, 0.717) is 12.3 Å². The number of benzene rings is 1. The average Bonchev–Trinajstić information content (AvgIpc) is 2.68. The fraction of sp³-hybridized carbons (Fsp3) is 0.250. The maximum atomic E-state index is 8.72. The van der Waals surface area contributed by atoms with E-state index >= 15 is 0 Å². The van der Waals surface area contributed by atoms with Crippen molar-refractivity contribution in [3.8, 4) is 0 Å². The van der Waals surface area contributed by atoms with E-state index < -0.39 is 0 Å². The Bertz CT molecular complexity index is 409. The summed E-state index contributed by atoms with van der Waals surface area (Å²) < 4.78 is 5.21. The molecule has 15 heavy (non-hydrogen) atoms. The van der Waals surface area contributed by atoms with Gasteiger partial charge in [-0.2, -0.15) is 0 Å². The Labute approximate surface area is 88.4 Å². The zero-order chi connectivity index (χ0) is 10.5. The lowest BCUT2D eigenvalue weighted by atomic mass is 10.1. The molecule has 1 N–H and O–H groups in total. The molecule has 0 fully saturated rings. The van der Waals surface area contributed by atoms with E-state index in [1.807, 2.05) is 18.2 Å². The minimum Gasteiger partial charge on any atom is -0.449 e. The van der Waals surface area contributed by atoms with Gasteiger partial charge in [0.25, 0.3) is 0 Å². The summed E-state index contributed by atoms with van der Waals surface area (Å²) in [6.07, 6.45) is 2.91. The zero-order valence-corrected chi connectivity index (χ0v) is 8.39. The van der Waals surface area contributed by atoms with Crippen LogP contribution < -0.4 is 0 Å². The second-order valence-corrected chi connectivity index (χ2v) is 3.37. The molecule has 3 nitrogen and oxygen atoms in total. The molecule has 0 bridgehead atoms. The maximum Gasteiger partial charge on any atom is 0.196 e. The molecule has 0 aliphatic carbocycles. The molecule has 1 aromatic carbocycles. The quantitative estimate of drug-likeness (QED) is 0.824. The zero-order valence-electron chi connectivity index (χ0n) is 8.39. The molecule has 0 aliphatic rings. The lowest BCUT2D eigenvalue weighted by Gasteiger charge is -1.95. The van der Waals surface area contributed by atoms with Crippen LogP contribution in [0.15, 0.2) is 41.0 Å². The molecular weight excluding hydrogens is 190 g/mol. The molecule has 2 rings (SSSR count). The van der Waals surface area contributed by atoms with Crippen molar-refractivity contribution in [1.29, 1.82) is 0 Å². The van der Waals surface area contributed by atoms with Gasteiger partial charge in [0.2, 0.25) is 0 Å². The number of aliphatic hydroxyl groups is 1. The molecule has 0 amide bonds. The van der Waals surface area contributed by atoms with Crippen LogP contribution in [0.4, 0.5) is 0 Å². The molecule has 0 saturated carbocycles. The van der Waals surface area contributed by atoms with E-state index in [1.165, 1.54) is 5.56 Å². The van der Waals surface area contributed by atoms with Crippen LogP contribution in [0.1, 0.15) is 17.1 Å². The fourth-order valence-corrected chi connectivity index (χ4v) is 1.45. The Balaban J connectivity index is 2.05. The van der Waals surface area contributed by atoms with E-state index in [0.717, 1.165) is 12.1 Å². The lowest BCUT2D eigenvalue weighted by molar-refractivity contribution is 0.285. The molecule has 0 saturated heterocycles. The van der Waals surface area contributed by atoms with E-state index in [1.54, 1.807) is 6.26 Å². The summed E-state index contributed by atoms with van der Waals surface area (Å²) >= 11 is 0. The molecule has 2 aromatic rings. The van der Waals surface area contributed by atoms with Crippen LogP contribution in [0.25, 0.3) is 0 Å². The summed E-state index contributed by atoms with van der Waals surface area (Å²) in [5.74, 6) is 0.600. The van der Waals surface area contributed by atoms with Crippen molar-refractivity contribution >= 4 is 0 Å². The summed E-state index contributed by atoms with van der Waals surface area (Å²) in [6, 6.07) is 10.1. The molecule has 0 unspecified atom stereocenters. The van der Waals surface area contributed by atoms with Crippen molar-refractivity contribution in [3.05, 3.63) is 53.7 Å². The van der Waals surface area contributed by atoms with Gasteiger partial charge in [-0.15, -0.1) is 0 Å². The van der Waals surface area contributed by atoms with E-state index in [4.69, 9.17) is 9.52 Å². The van der Waals surface area contributed by atoms with Crippen LogP contribution in [0.2, 0.25) is 0 Å². The van der Waals surface area contributed by atoms with Crippen molar-refractivity contribution in [2.45, 2.75) is 12.8 Å². The van der Waals surface area contributed by atoms with Crippen molar-refractivity contribution in [2.75, 3.05) is 6.61 Å². The first kappa shape index (κ1) is 9.93. The summed E-state index contributed by atoms with van der Waals surface area (Å²) in [5.41, 5.74) is 2.12. The Morgan fingerprint density at radius 1 is 1.20 bits per heavy atom. The maximum absolute atomic E-state index is 8.72. The van der Waals surface area contributed by atoms with Crippen LogP contribution in [0, 0.1) is 0 Å². The normalized spacial score (nSPS) is 10.5. The topological polar surface area (TPSA) is 46.3 Å². The van der Waals surface area contributed by atoms with Gasteiger partial charge in [0, 0.05) is 12.8 Å². The molecule has 0 atom stereocenters. The van der Waals surface area contributed by atoms with Crippen molar-refractivity contribution in [1.82, 2.24) is 4.98 Å². The van der Waals surface area contributed by atoms with Crippen LogP contribution in [0.3, 0.4) is 0 Å². The van der Waals surface area contributed by atoms with Gasteiger partial charge in [0.05, 0.1) is 12.3 Å². The summed E-state index contributed by atoms with van der Waals surface area (Å²) in [7, 11) is 0.